The topological polar surface area (TPSA) is 9.23 Å². The van der Waals surface area contributed by atoms with Crippen LogP contribution in [0.25, 0.3) is 22.5 Å². The SMILES string of the molecule is COC(=C1c2ccccc2-c2ccc(C(C)(C)C)c(C(C)(C)C)c21)c1ccccc1. The van der Waals surface area contributed by atoms with E-state index < -0.39 is 0 Å². The average molecular weight is 397 g/mol. The molecule has 0 bridgehead atoms. The smallest absolute Gasteiger partial charge is 0.134 e. The van der Waals surface area contributed by atoms with Crippen LogP contribution in [0.2, 0.25) is 0 Å². The van der Waals surface area contributed by atoms with E-state index >= 15 is 0 Å². The van der Waals surface area contributed by atoms with Gasteiger partial charge in [-0.3, -0.25) is 0 Å². The zero-order valence-corrected chi connectivity index (χ0v) is 19.3. The van der Waals surface area contributed by atoms with Crippen LogP contribution in [0, 0.1) is 0 Å². The molecule has 0 aliphatic heterocycles. The third-order valence-electron chi connectivity index (χ3n) is 5.97. The fourth-order valence-electron chi connectivity index (χ4n) is 4.75. The first-order valence-corrected chi connectivity index (χ1v) is 10.8. The lowest BCUT2D eigenvalue weighted by molar-refractivity contribution is 0.371. The molecule has 0 atom stereocenters. The molecule has 0 heterocycles. The van der Waals surface area contributed by atoms with Crippen LogP contribution in [-0.2, 0) is 15.6 Å². The summed E-state index contributed by atoms with van der Waals surface area (Å²) >= 11 is 0. The van der Waals surface area contributed by atoms with Crippen molar-refractivity contribution in [2.75, 3.05) is 7.11 Å². The Labute approximate surface area is 181 Å². The van der Waals surface area contributed by atoms with E-state index in [1.807, 2.05) is 0 Å². The van der Waals surface area contributed by atoms with Crippen molar-refractivity contribution in [3.63, 3.8) is 0 Å². The average Bonchev–Trinajstić information content (AvgIpc) is 3.02. The second-order valence-corrected chi connectivity index (χ2v) is 10.2. The summed E-state index contributed by atoms with van der Waals surface area (Å²) in [5.74, 6) is 0.943. The second-order valence-electron chi connectivity index (χ2n) is 10.2. The highest BCUT2D eigenvalue weighted by molar-refractivity contribution is 6.10. The molecular weight excluding hydrogens is 364 g/mol. The van der Waals surface area contributed by atoms with Gasteiger partial charge in [0.2, 0.25) is 0 Å². The molecule has 0 amide bonds. The Balaban J connectivity index is 2.20. The third-order valence-corrected chi connectivity index (χ3v) is 5.97. The first kappa shape index (κ1) is 20.5. The van der Waals surface area contributed by atoms with Gasteiger partial charge in [-0.15, -0.1) is 0 Å². The zero-order chi connectivity index (χ0) is 21.7. The summed E-state index contributed by atoms with van der Waals surface area (Å²) in [5.41, 5.74) is 10.4. The molecule has 1 aliphatic carbocycles. The van der Waals surface area contributed by atoms with Crippen LogP contribution in [0.1, 0.15) is 69.4 Å². The molecule has 0 saturated heterocycles. The Hall–Kier alpha value is -2.80. The summed E-state index contributed by atoms with van der Waals surface area (Å²) in [6.07, 6.45) is 0. The minimum atomic E-state index is -0.00319. The van der Waals surface area contributed by atoms with Crippen LogP contribution >= 0.6 is 0 Å². The number of hydrogen-bond acceptors (Lipinski definition) is 1. The van der Waals surface area contributed by atoms with E-state index in [4.69, 9.17) is 4.74 Å². The molecule has 0 radical (unpaired) electrons. The van der Waals surface area contributed by atoms with Crippen LogP contribution in [0.15, 0.2) is 66.7 Å². The van der Waals surface area contributed by atoms with Gasteiger partial charge in [0.1, 0.15) is 5.76 Å². The molecule has 1 heteroatoms. The first-order valence-electron chi connectivity index (χ1n) is 10.8. The van der Waals surface area contributed by atoms with E-state index in [-0.39, 0.29) is 10.8 Å². The molecule has 0 spiro atoms. The summed E-state index contributed by atoms with van der Waals surface area (Å²) in [6.45, 7) is 13.9. The Bertz CT molecular complexity index is 1120. The molecular formula is C29H32O. The highest BCUT2D eigenvalue weighted by Crippen LogP contribution is 2.53. The summed E-state index contributed by atoms with van der Waals surface area (Å²) in [5, 5.41) is 0. The van der Waals surface area contributed by atoms with Crippen molar-refractivity contribution in [2.24, 2.45) is 0 Å². The second kappa shape index (κ2) is 7.16. The van der Waals surface area contributed by atoms with Crippen LogP contribution in [-0.4, -0.2) is 7.11 Å². The van der Waals surface area contributed by atoms with Gasteiger partial charge in [0.15, 0.2) is 0 Å². The number of benzene rings is 3. The van der Waals surface area contributed by atoms with Crippen molar-refractivity contribution in [1.29, 1.82) is 0 Å². The molecule has 3 aromatic carbocycles. The highest BCUT2D eigenvalue weighted by Gasteiger charge is 2.36. The highest BCUT2D eigenvalue weighted by atomic mass is 16.5. The quantitative estimate of drug-likeness (QED) is 0.314. The number of fused-ring (bicyclic) bond motifs is 3. The van der Waals surface area contributed by atoms with Crippen LogP contribution in [0.5, 0.6) is 0 Å². The Morgan fingerprint density at radius 2 is 1.23 bits per heavy atom. The number of methoxy groups -OCH3 is 1. The molecule has 30 heavy (non-hydrogen) atoms. The number of ether oxygens (including phenoxy) is 1. The van der Waals surface area contributed by atoms with Crippen molar-refractivity contribution in [1.82, 2.24) is 0 Å². The molecule has 1 aliphatic rings. The van der Waals surface area contributed by atoms with Crippen molar-refractivity contribution in [3.8, 4) is 11.1 Å². The van der Waals surface area contributed by atoms with Gasteiger partial charge in [-0.25, -0.2) is 0 Å². The largest absolute Gasteiger partial charge is 0.495 e. The van der Waals surface area contributed by atoms with Gasteiger partial charge >= 0.3 is 0 Å². The van der Waals surface area contributed by atoms with E-state index in [0.717, 1.165) is 11.3 Å². The summed E-state index contributed by atoms with van der Waals surface area (Å²) in [4.78, 5) is 0. The van der Waals surface area contributed by atoms with E-state index in [1.165, 1.54) is 39.0 Å². The van der Waals surface area contributed by atoms with E-state index in [1.54, 1.807) is 7.11 Å². The molecule has 154 valence electrons. The van der Waals surface area contributed by atoms with Crippen LogP contribution < -0.4 is 0 Å². The zero-order valence-electron chi connectivity index (χ0n) is 19.3. The van der Waals surface area contributed by atoms with Crippen molar-refractivity contribution < 1.29 is 4.74 Å². The summed E-state index contributed by atoms with van der Waals surface area (Å²) < 4.78 is 6.11. The lowest BCUT2D eigenvalue weighted by Crippen LogP contribution is -2.24. The van der Waals surface area contributed by atoms with Gasteiger partial charge in [0.25, 0.3) is 0 Å². The predicted molar refractivity (Wildman–Crippen MR) is 129 cm³/mol. The van der Waals surface area contributed by atoms with E-state index in [0.29, 0.717) is 0 Å². The maximum Gasteiger partial charge on any atom is 0.134 e. The first-order chi connectivity index (χ1) is 14.1. The molecule has 0 fully saturated rings. The Kier molecular flexibility index (Phi) is 4.89. The van der Waals surface area contributed by atoms with Gasteiger partial charge in [-0.1, -0.05) is 108 Å². The lowest BCUT2D eigenvalue weighted by atomic mass is 9.71. The van der Waals surface area contributed by atoms with Crippen LogP contribution in [0.4, 0.5) is 0 Å². The Morgan fingerprint density at radius 1 is 0.633 bits per heavy atom. The molecule has 0 unspecified atom stereocenters. The van der Waals surface area contributed by atoms with Crippen LogP contribution in [0.3, 0.4) is 0 Å². The monoisotopic (exact) mass is 396 g/mol. The maximum absolute atomic E-state index is 6.11. The summed E-state index contributed by atoms with van der Waals surface area (Å²) in [7, 11) is 1.79. The molecule has 1 nitrogen and oxygen atoms in total. The van der Waals surface area contributed by atoms with Gasteiger partial charge in [-0.05, 0) is 44.2 Å². The fourth-order valence-corrected chi connectivity index (χ4v) is 4.75. The minimum Gasteiger partial charge on any atom is -0.495 e. The Morgan fingerprint density at radius 3 is 1.80 bits per heavy atom. The molecule has 4 rings (SSSR count). The van der Waals surface area contributed by atoms with Gasteiger partial charge < -0.3 is 4.74 Å². The predicted octanol–water partition coefficient (Wildman–Crippen LogP) is 7.83. The van der Waals surface area contributed by atoms with Gasteiger partial charge in [0.05, 0.1) is 7.11 Å². The summed E-state index contributed by atoms with van der Waals surface area (Å²) in [6, 6.07) is 23.9. The molecule has 0 saturated carbocycles. The maximum atomic E-state index is 6.11. The van der Waals surface area contributed by atoms with Gasteiger partial charge in [-0.2, -0.15) is 0 Å². The van der Waals surface area contributed by atoms with Crippen molar-refractivity contribution in [2.45, 2.75) is 52.4 Å². The van der Waals surface area contributed by atoms with Crippen molar-refractivity contribution in [3.05, 3.63) is 94.5 Å². The lowest BCUT2D eigenvalue weighted by Gasteiger charge is -2.33. The van der Waals surface area contributed by atoms with Crippen molar-refractivity contribution >= 4 is 11.3 Å². The number of rotatable bonds is 2. The van der Waals surface area contributed by atoms with Gasteiger partial charge in [0, 0.05) is 11.1 Å². The van der Waals surface area contributed by atoms with E-state index in [2.05, 4.69) is 108 Å². The minimum absolute atomic E-state index is 0.00319. The third kappa shape index (κ3) is 3.27. The fraction of sp³-hybridized carbons (Fsp3) is 0.310. The normalized spacial score (nSPS) is 14.9. The molecule has 3 aromatic rings. The molecule has 0 N–H and O–H groups in total. The standard InChI is InChI=1S/C29H32O/c1-28(2,3)23-18-17-22-20-15-11-12-16-21(20)25(24(22)26(23)29(4,5)6)27(30-7)19-13-9-8-10-14-19/h8-18H,1-7H3. The molecule has 0 aromatic heterocycles. The number of hydrogen-bond donors (Lipinski definition) is 0. The van der Waals surface area contributed by atoms with E-state index in [9.17, 15) is 0 Å².